The number of thioether (sulfide) groups is 1. The predicted molar refractivity (Wildman–Crippen MR) is 99.8 cm³/mol. The molecule has 0 saturated carbocycles. The van der Waals surface area contributed by atoms with Crippen LogP contribution in [-0.4, -0.2) is 32.5 Å². The van der Waals surface area contributed by atoms with Gasteiger partial charge in [0.15, 0.2) is 11.5 Å². The van der Waals surface area contributed by atoms with Crippen LogP contribution in [0.4, 0.5) is 5.69 Å². The number of ether oxygens (including phenoxy) is 3. The lowest BCUT2D eigenvalue weighted by Gasteiger charge is -2.25. The molecule has 1 aliphatic rings. The quantitative estimate of drug-likeness (QED) is 0.783. The first-order valence-electron chi connectivity index (χ1n) is 8.06. The third-order valence-electron chi connectivity index (χ3n) is 3.99. The van der Waals surface area contributed by atoms with E-state index in [2.05, 4.69) is 0 Å². The molecule has 3 rings (SSSR count). The van der Waals surface area contributed by atoms with Gasteiger partial charge in [-0.25, -0.2) is 0 Å². The summed E-state index contributed by atoms with van der Waals surface area (Å²) in [6.07, 6.45) is 0. The fraction of sp³-hybridized carbons (Fsp3) is 0.316. The first-order chi connectivity index (χ1) is 12.2. The van der Waals surface area contributed by atoms with Gasteiger partial charge in [0.2, 0.25) is 5.91 Å². The molecule has 1 atom stereocenters. The number of anilines is 1. The normalized spacial score (nSPS) is 16.8. The monoisotopic (exact) mass is 359 g/mol. The molecule has 2 aromatic carbocycles. The van der Waals surface area contributed by atoms with Crippen LogP contribution in [0.15, 0.2) is 42.5 Å². The summed E-state index contributed by atoms with van der Waals surface area (Å²) in [5.41, 5.74) is 1.86. The second kappa shape index (κ2) is 7.70. The van der Waals surface area contributed by atoms with Crippen molar-refractivity contribution in [3.63, 3.8) is 0 Å². The largest absolute Gasteiger partial charge is 0.494 e. The van der Waals surface area contributed by atoms with Crippen molar-refractivity contribution in [3.05, 3.63) is 48.0 Å². The molecular weight excluding hydrogens is 338 g/mol. The van der Waals surface area contributed by atoms with Crippen LogP contribution in [0.5, 0.6) is 17.2 Å². The van der Waals surface area contributed by atoms with Crippen LogP contribution in [0.3, 0.4) is 0 Å². The molecule has 25 heavy (non-hydrogen) atoms. The molecule has 1 fully saturated rings. The number of carbonyl (C=O) groups excluding carboxylic acids is 1. The fourth-order valence-corrected chi connectivity index (χ4v) is 3.99. The van der Waals surface area contributed by atoms with E-state index in [9.17, 15) is 4.79 Å². The molecule has 0 aromatic heterocycles. The summed E-state index contributed by atoms with van der Waals surface area (Å²) in [6.45, 7) is 2.56. The molecule has 1 unspecified atom stereocenters. The van der Waals surface area contributed by atoms with Crippen LogP contribution in [0.25, 0.3) is 0 Å². The summed E-state index contributed by atoms with van der Waals surface area (Å²) >= 11 is 1.60. The van der Waals surface area contributed by atoms with Gasteiger partial charge in [-0.2, -0.15) is 0 Å². The summed E-state index contributed by atoms with van der Waals surface area (Å²) in [5, 5.41) is -0.0924. The minimum Gasteiger partial charge on any atom is -0.494 e. The smallest absolute Gasteiger partial charge is 0.238 e. The van der Waals surface area contributed by atoms with E-state index < -0.39 is 0 Å². The maximum atomic E-state index is 12.5. The predicted octanol–water partition coefficient (Wildman–Crippen LogP) is 3.88. The van der Waals surface area contributed by atoms with E-state index in [4.69, 9.17) is 14.2 Å². The standard InChI is InChI=1S/C19H21NO4S/c1-4-24-15-8-6-14(7-9-15)20-18(21)12-25-19(20)13-5-10-16(22-2)17(11-13)23-3/h5-11,19H,4,12H2,1-3H3. The zero-order valence-electron chi connectivity index (χ0n) is 14.5. The maximum Gasteiger partial charge on any atom is 0.238 e. The lowest BCUT2D eigenvalue weighted by Crippen LogP contribution is -2.27. The Morgan fingerprint density at radius 2 is 1.80 bits per heavy atom. The highest BCUT2D eigenvalue weighted by molar-refractivity contribution is 8.00. The van der Waals surface area contributed by atoms with Crippen molar-refractivity contribution in [2.24, 2.45) is 0 Å². The zero-order valence-corrected chi connectivity index (χ0v) is 15.3. The van der Waals surface area contributed by atoms with Gasteiger partial charge in [0.1, 0.15) is 11.1 Å². The van der Waals surface area contributed by atoms with Crippen molar-refractivity contribution in [3.8, 4) is 17.2 Å². The van der Waals surface area contributed by atoms with Crippen molar-refractivity contribution in [1.29, 1.82) is 0 Å². The molecule has 0 radical (unpaired) electrons. The summed E-state index contributed by atoms with van der Waals surface area (Å²) in [4.78, 5) is 14.3. The van der Waals surface area contributed by atoms with Crippen molar-refractivity contribution >= 4 is 23.4 Å². The number of carbonyl (C=O) groups is 1. The highest BCUT2D eigenvalue weighted by atomic mass is 32.2. The van der Waals surface area contributed by atoms with E-state index in [-0.39, 0.29) is 11.3 Å². The Kier molecular flexibility index (Phi) is 5.38. The Morgan fingerprint density at radius 1 is 1.08 bits per heavy atom. The number of rotatable bonds is 6. The third-order valence-corrected chi connectivity index (χ3v) is 5.20. The molecule has 6 heteroatoms. The van der Waals surface area contributed by atoms with Crippen LogP contribution in [0.1, 0.15) is 17.9 Å². The highest BCUT2D eigenvalue weighted by Crippen LogP contribution is 2.44. The molecule has 1 amide bonds. The Labute approximate surface area is 151 Å². The third kappa shape index (κ3) is 3.54. The number of hydrogen-bond acceptors (Lipinski definition) is 5. The van der Waals surface area contributed by atoms with Crippen LogP contribution >= 0.6 is 11.8 Å². The Hall–Kier alpha value is -2.34. The Morgan fingerprint density at radius 3 is 2.44 bits per heavy atom. The van der Waals surface area contributed by atoms with Crippen molar-refractivity contribution < 1.29 is 19.0 Å². The topological polar surface area (TPSA) is 48.0 Å². The van der Waals surface area contributed by atoms with Crippen LogP contribution in [0.2, 0.25) is 0 Å². The molecule has 5 nitrogen and oxygen atoms in total. The molecule has 1 heterocycles. The minimum atomic E-state index is -0.0924. The molecule has 0 N–H and O–H groups in total. The summed E-state index contributed by atoms with van der Waals surface area (Å²) < 4.78 is 16.2. The molecule has 1 aliphatic heterocycles. The van der Waals surface area contributed by atoms with Gasteiger partial charge in [-0.3, -0.25) is 9.69 Å². The molecule has 0 spiro atoms. The van der Waals surface area contributed by atoms with Gasteiger partial charge in [0.25, 0.3) is 0 Å². The van der Waals surface area contributed by atoms with Crippen LogP contribution < -0.4 is 19.1 Å². The second-order valence-corrected chi connectivity index (χ2v) is 6.54. The SMILES string of the molecule is CCOc1ccc(N2C(=O)CSC2c2ccc(OC)c(OC)c2)cc1. The van der Waals surface area contributed by atoms with E-state index in [1.807, 2.05) is 54.3 Å². The van der Waals surface area contributed by atoms with Crippen LogP contribution in [0, 0.1) is 0 Å². The average molecular weight is 359 g/mol. The van der Waals surface area contributed by atoms with Gasteiger partial charge in [0, 0.05) is 5.69 Å². The molecule has 132 valence electrons. The number of benzene rings is 2. The fourth-order valence-electron chi connectivity index (χ4n) is 2.83. The van der Waals surface area contributed by atoms with Gasteiger partial charge < -0.3 is 14.2 Å². The minimum absolute atomic E-state index is 0.0916. The van der Waals surface area contributed by atoms with Crippen molar-refractivity contribution in [2.45, 2.75) is 12.3 Å². The summed E-state index contributed by atoms with van der Waals surface area (Å²) in [5.74, 6) is 2.67. The van der Waals surface area contributed by atoms with E-state index in [1.54, 1.807) is 26.0 Å². The van der Waals surface area contributed by atoms with E-state index in [0.29, 0.717) is 23.9 Å². The van der Waals surface area contributed by atoms with Gasteiger partial charge in [-0.1, -0.05) is 6.07 Å². The second-order valence-electron chi connectivity index (χ2n) is 5.47. The van der Waals surface area contributed by atoms with Gasteiger partial charge in [-0.05, 0) is 48.9 Å². The van der Waals surface area contributed by atoms with E-state index in [1.165, 1.54) is 0 Å². The van der Waals surface area contributed by atoms with Crippen molar-refractivity contribution in [2.75, 3.05) is 31.5 Å². The van der Waals surface area contributed by atoms with Gasteiger partial charge in [0.05, 0.1) is 26.6 Å². The zero-order chi connectivity index (χ0) is 17.8. The lowest BCUT2D eigenvalue weighted by atomic mass is 10.1. The van der Waals surface area contributed by atoms with E-state index in [0.717, 1.165) is 17.0 Å². The number of amides is 1. The van der Waals surface area contributed by atoms with Crippen LogP contribution in [-0.2, 0) is 4.79 Å². The number of nitrogens with zero attached hydrogens (tertiary/aromatic N) is 1. The molecule has 0 bridgehead atoms. The molecular formula is C19H21NO4S. The average Bonchev–Trinajstić information content (AvgIpc) is 3.03. The summed E-state index contributed by atoms with van der Waals surface area (Å²) in [7, 11) is 3.22. The molecule has 2 aromatic rings. The first-order valence-corrected chi connectivity index (χ1v) is 9.11. The number of methoxy groups -OCH3 is 2. The Balaban J connectivity index is 1.91. The molecule has 0 aliphatic carbocycles. The highest BCUT2D eigenvalue weighted by Gasteiger charge is 2.34. The number of hydrogen-bond donors (Lipinski definition) is 0. The maximum absolute atomic E-state index is 12.5. The first kappa shape index (κ1) is 17.5. The molecule has 1 saturated heterocycles. The lowest BCUT2D eigenvalue weighted by molar-refractivity contribution is -0.115. The van der Waals surface area contributed by atoms with Gasteiger partial charge in [-0.15, -0.1) is 11.8 Å². The van der Waals surface area contributed by atoms with Crippen molar-refractivity contribution in [1.82, 2.24) is 0 Å². The summed E-state index contributed by atoms with van der Waals surface area (Å²) in [6, 6.07) is 13.4. The van der Waals surface area contributed by atoms with E-state index >= 15 is 0 Å². The Bertz CT molecular complexity index is 748. The van der Waals surface area contributed by atoms with Gasteiger partial charge >= 0.3 is 0 Å².